The number of hydrogen-bond donors (Lipinski definition) is 2. The first kappa shape index (κ1) is 24.8. The zero-order chi connectivity index (χ0) is 24.6. The van der Waals surface area contributed by atoms with Crippen molar-refractivity contribution in [3.63, 3.8) is 0 Å². The van der Waals surface area contributed by atoms with Gasteiger partial charge in [-0.15, -0.1) is 0 Å². The Hall–Kier alpha value is -3.86. The van der Waals surface area contributed by atoms with Crippen LogP contribution in [0.2, 0.25) is 0 Å². The molecular weight excluding hydrogens is 432 g/mol. The van der Waals surface area contributed by atoms with Crippen LogP contribution in [-0.4, -0.2) is 41.0 Å². The van der Waals surface area contributed by atoms with Crippen LogP contribution in [0.1, 0.15) is 37.8 Å². The van der Waals surface area contributed by atoms with Crippen LogP contribution < -0.4 is 10.6 Å². The molecule has 3 amide bonds. The Morgan fingerprint density at radius 1 is 1.12 bits per heavy atom. The summed E-state index contributed by atoms with van der Waals surface area (Å²) in [6.07, 6.45) is -1.45. The molecule has 2 aromatic carbocycles. The lowest BCUT2D eigenvalue weighted by molar-refractivity contribution is -0.151. The Kier molecular flexibility index (Phi) is 8.25. The van der Waals surface area contributed by atoms with Gasteiger partial charge in [0.1, 0.15) is 6.07 Å². The summed E-state index contributed by atoms with van der Waals surface area (Å²) in [4.78, 5) is 40.4. The second-order valence-electron chi connectivity index (χ2n) is 8.75. The average molecular weight is 463 g/mol. The fourth-order valence-corrected chi connectivity index (χ4v) is 3.95. The largest absolute Gasteiger partial charge is 0.436 e. The van der Waals surface area contributed by atoms with Gasteiger partial charge in [-0.3, -0.25) is 9.59 Å². The van der Waals surface area contributed by atoms with Gasteiger partial charge in [-0.25, -0.2) is 4.79 Å². The Balaban J connectivity index is 1.84. The number of alkyl carbamates (subject to hydrolysis) is 1. The number of nitrogens with zero attached hydrogens (tertiary/aromatic N) is 2. The lowest BCUT2D eigenvalue weighted by atomic mass is 9.94. The minimum atomic E-state index is -1.66. The minimum absolute atomic E-state index is 0.0323. The van der Waals surface area contributed by atoms with E-state index in [0.717, 1.165) is 11.1 Å². The Morgan fingerprint density at radius 3 is 2.26 bits per heavy atom. The second kappa shape index (κ2) is 11.3. The van der Waals surface area contributed by atoms with Crippen molar-refractivity contribution in [2.45, 2.75) is 51.4 Å². The first-order valence-electron chi connectivity index (χ1n) is 11.4. The Morgan fingerprint density at radius 2 is 1.74 bits per heavy atom. The zero-order valence-corrected chi connectivity index (χ0v) is 19.5. The molecule has 2 N–H and O–H groups in total. The van der Waals surface area contributed by atoms with Gasteiger partial charge in [-0.05, 0) is 23.5 Å². The van der Waals surface area contributed by atoms with Crippen molar-refractivity contribution in [3.8, 4) is 6.07 Å². The van der Waals surface area contributed by atoms with Crippen LogP contribution in [0.15, 0.2) is 60.7 Å². The second-order valence-corrected chi connectivity index (χ2v) is 8.75. The van der Waals surface area contributed by atoms with Crippen molar-refractivity contribution in [1.29, 1.82) is 5.26 Å². The molecule has 1 aliphatic heterocycles. The van der Waals surface area contributed by atoms with Gasteiger partial charge in [-0.1, -0.05) is 74.5 Å². The first-order valence-corrected chi connectivity index (χ1v) is 11.4. The number of carbonyl (C=O) groups is 3. The Labute approximate surface area is 199 Å². The van der Waals surface area contributed by atoms with Gasteiger partial charge in [-0.2, -0.15) is 5.26 Å². The number of nitriles is 1. The van der Waals surface area contributed by atoms with Gasteiger partial charge in [0.2, 0.25) is 5.54 Å². The molecule has 1 heterocycles. The van der Waals surface area contributed by atoms with Crippen LogP contribution in [0.4, 0.5) is 4.79 Å². The predicted octanol–water partition coefficient (Wildman–Crippen LogP) is 3.14. The Bertz CT molecular complexity index is 1040. The van der Waals surface area contributed by atoms with Crippen molar-refractivity contribution in [2.24, 2.45) is 5.92 Å². The molecule has 0 spiro atoms. The standard InChI is InChI=1S/C26H30N4O4/c1-19(2)15-22(34-25(33)29-16-20-9-5-3-6-10-20)23(31)30(17-21-11-7-4-8-12-21)26(18-27)13-14-28-24(26)32/h3-12,19,22H,13-17H2,1-2H3,(H,28,32)(H,29,33). The summed E-state index contributed by atoms with van der Waals surface area (Å²) in [6, 6.07) is 20.6. The highest BCUT2D eigenvalue weighted by Gasteiger charge is 2.51. The summed E-state index contributed by atoms with van der Waals surface area (Å²) in [5.74, 6) is -1.05. The van der Waals surface area contributed by atoms with E-state index in [1.807, 2.05) is 74.5 Å². The molecule has 0 aromatic heterocycles. The normalized spacial score (nSPS) is 18.0. The van der Waals surface area contributed by atoms with E-state index in [-0.39, 0.29) is 38.4 Å². The fourth-order valence-electron chi connectivity index (χ4n) is 3.95. The fraction of sp³-hybridized carbons (Fsp3) is 0.385. The van der Waals surface area contributed by atoms with Crippen LogP contribution in [-0.2, 0) is 27.4 Å². The van der Waals surface area contributed by atoms with Crippen molar-refractivity contribution >= 4 is 17.9 Å². The van der Waals surface area contributed by atoms with Crippen LogP contribution in [0.3, 0.4) is 0 Å². The van der Waals surface area contributed by atoms with Crippen molar-refractivity contribution < 1.29 is 19.1 Å². The third-order valence-corrected chi connectivity index (χ3v) is 5.73. The van der Waals surface area contributed by atoms with Gasteiger partial charge >= 0.3 is 6.09 Å². The topological polar surface area (TPSA) is 112 Å². The van der Waals surface area contributed by atoms with Gasteiger partial charge < -0.3 is 20.3 Å². The number of nitrogens with one attached hydrogen (secondary N) is 2. The SMILES string of the molecule is CC(C)CC(OC(=O)NCc1ccccc1)C(=O)N(Cc1ccccc1)C1(C#N)CCNC1=O. The van der Waals surface area contributed by atoms with E-state index in [9.17, 15) is 19.6 Å². The van der Waals surface area contributed by atoms with Crippen molar-refractivity contribution in [3.05, 3.63) is 71.8 Å². The molecule has 2 atom stereocenters. The molecule has 8 heteroatoms. The van der Waals surface area contributed by atoms with Crippen LogP contribution in [0.5, 0.6) is 0 Å². The van der Waals surface area contributed by atoms with E-state index in [2.05, 4.69) is 16.7 Å². The van der Waals surface area contributed by atoms with E-state index >= 15 is 0 Å². The van der Waals surface area contributed by atoms with Crippen molar-refractivity contribution in [2.75, 3.05) is 6.54 Å². The third kappa shape index (κ3) is 5.93. The quantitative estimate of drug-likeness (QED) is 0.595. The number of hydrogen-bond acceptors (Lipinski definition) is 5. The molecule has 0 aliphatic carbocycles. The summed E-state index contributed by atoms with van der Waals surface area (Å²) < 4.78 is 5.57. The molecule has 3 rings (SSSR count). The van der Waals surface area contributed by atoms with E-state index in [4.69, 9.17) is 4.74 Å². The number of carbonyl (C=O) groups excluding carboxylic acids is 3. The average Bonchev–Trinajstić information content (AvgIpc) is 3.22. The van der Waals surface area contributed by atoms with Crippen molar-refractivity contribution in [1.82, 2.24) is 15.5 Å². The molecule has 1 fully saturated rings. The summed E-state index contributed by atoms with van der Waals surface area (Å²) in [6.45, 7) is 4.41. The molecule has 1 saturated heterocycles. The summed E-state index contributed by atoms with van der Waals surface area (Å²) >= 11 is 0. The highest BCUT2D eigenvalue weighted by molar-refractivity contribution is 5.97. The number of amides is 3. The summed E-state index contributed by atoms with van der Waals surface area (Å²) in [7, 11) is 0. The molecule has 2 unspecified atom stereocenters. The molecule has 2 aromatic rings. The zero-order valence-electron chi connectivity index (χ0n) is 19.5. The van der Waals surface area contributed by atoms with E-state index in [0.29, 0.717) is 0 Å². The molecule has 178 valence electrons. The lowest BCUT2D eigenvalue weighted by Crippen LogP contribution is -2.58. The molecule has 8 nitrogen and oxygen atoms in total. The van der Waals surface area contributed by atoms with Crippen LogP contribution >= 0.6 is 0 Å². The molecule has 0 radical (unpaired) electrons. The number of ether oxygens (including phenoxy) is 1. The first-order chi connectivity index (χ1) is 16.4. The summed E-state index contributed by atoms with van der Waals surface area (Å²) in [5.41, 5.74) is -0.00332. The van der Waals surface area contributed by atoms with Gasteiger partial charge in [0.25, 0.3) is 11.8 Å². The maximum atomic E-state index is 13.8. The van der Waals surface area contributed by atoms with E-state index < -0.39 is 29.6 Å². The molecule has 0 bridgehead atoms. The maximum absolute atomic E-state index is 13.8. The lowest BCUT2D eigenvalue weighted by Gasteiger charge is -2.36. The molecular formula is C26H30N4O4. The van der Waals surface area contributed by atoms with Gasteiger partial charge in [0, 0.05) is 26.1 Å². The summed E-state index contributed by atoms with van der Waals surface area (Å²) in [5, 5.41) is 15.4. The number of rotatable bonds is 9. The highest BCUT2D eigenvalue weighted by atomic mass is 16.6. The third-order valence-electron chi connectivity index (χ3n) is 5.73. The minimum Gasteiger partial charge on any atom is -0.436 e. The van der Waals surface area contributed by atoms with Gasteiger partial charge in [0.05, 0.1) is 0 Å². The molecule has 1 aliphatic rings. The van der Waals surface area contributed by atoms with E-state index in [1.54, 1.807) is 0 Å². The smallest absolute Gasteiger partial charge is 0.408 e. The van der Waals surface area contributed by atoms with Gasteiger partial charge in [0.15, 0.2) is 6.10 Å². The van der Waals surface area contributed by atoms with Crippen LogP contribution in [0, 0.1) is 17.2 Å². The highest BCUT2D eigenvalue weighted by Crippen LogP contribution is 2.28. The number of benzene rings is 2. The molecule has 0 saturated carbocycles. The van der Waals surface area contributed by atoms with Crippen LogP contribution in [0.25, 0.3) is 0 Å². The van der Waals surface area contributed by atoms with E-state index in [1.165, 1.54) is 4.90 Å². The monoisotopic (exact) mass is 462 g/mol. The maximum Gasteiger partial charge on any atom is 0.408 e. The molecule has 34 heavy (non-hydrogen) atoms. The predicted molar refractivity (Wildman–Crippen MR) is 126 cm³/mol.